The molecule has 0 saturated heterocycles. The number of halogens is 1. The van der Waals surface area contributed by atoms with Gasteiger partial charge in [-0.1, -0.05) is 23.7 Å². The molecule has 0 aliphatic rings. The minimum Gasteiger partial charge on any atom is -0.369 e. The number of rotatable bonds is 7. The van der Waals surface area contributed by atoms with E-state index in [-0.39, 0.29) is 4.90 Å². The number of sulfonamides is 1. The molecule has 0 amide bonds. The lowest BCUT2D eigenvalue weighted by molar-refractivity contribution is 0.597. The Morgan fingerprint density at radius 2 is 1.91 bits per heavy atom. The fourth-order valence-corrected chi connectivity index (χ4v) is 3.08. The highest BCUT2D eigenvalue weighted by molar-refractivity contribution is 7.98. The zero-order valence-electron chi connectivity index (χ0n) is 11.7. The number of thioether (sulfide) groups is 1. The van der Waals surface area contributed by atoms with Crippen LogP contribution in [-0.4, -0.2) is 25.7 Å². The van der Waals surface area contributed by atoms with Crippen LogP contribution >= 0.6 is 23.4 Å². The van der Waals surface area contributed by atoms with Crippen LogP contribution in [0.5, 0.6) is 0 Å². The lowest BCUT2D eigenvalue weighted by atomic mass is 10.2. The second-order valence-corrected chi connectivity index (χ2v) is 7.63. The Labute approximate surface area is 139 Å². The molecule has 0 saturated carbocycles. The molecule has 118 valence electrons. The number of anilines is 1. The monoisotopic (exact) mass is 357 g/mol. The standard InChI is InChI=1S/C14H16ClN3O2S2/c15-12-3-1-11(2-4-12)10-21-8-7-17-14-6-5-13(9-18-14)22(16,19)20/h1-6,9H,7-8,10H2,(H,17,18)(H2,16,19,20). The van der Waals surface area contributed by atoms with Gasteiger partial charge in [0.1, 0.15) is 10.7 Å². The number of primary sulfonamides is 1. The van der Waals surface area contributed by atoms with E-state index >= 15 is 0 Å². The smallest absolute Gasteiger partial charge is 0.239 e. The van der Waals surface area contributed by atoms with Gasteiger partial charge in [0, 0.05) is 29.3 Å². The number of nitrogens with two attached hydrogens (primary N) is 1. The minimum absolute atomic E-state index is 0.00941. The van der Waals surface area contributed by atoms with Crippen molar-refractivity contribution in [2.45, 2.75) is 10.6 Å². The van der Waals surface area contributed by atoms with Gasteiger partial charge in [0.15, 0.2) is 0 Å². The number of benzene rings is 1. The molecule has 0 aliphatic carbocycles. The summed E-state index contributed by atoms with van der Waals surface area (Å²) in [5, 5.41) is 8.88. The topological polar surface area (TPSA) is 85.1 Å². The zero-order valence-corrected chi connectivity index (χ0v) is 14.1. The van der Waals surface area contributed by atoms with Crippen LogP contribution in [0.25, 0.3) is 0 Å². The first kappa shape index (κ1) is 17.1. The Morgan fingerprint density at radius 1 is 1.18 bits per heavy atom. The largest absolute Gasteiger partial charge is 0.369 e. The molecule has 1 heterocycles. The van der Waals surface area contributed by atoms with Gasteiger partial charge in [-0.25, -0.2) is 18.5 Å². The fourth-order valence-electron chi connectivity index (χ4n) is 1.68. The molecule has 3 N–H and O–H groups in total. The van der Waals surface area contributed by atoms with Crippen molar-refractivity contribution >= 4 is 39.2 Å². The third kappa shape index (κ3) is 5.49. The van der Waals surface area contributed by atoms with Crippen molar-refractivity contribution in [1.29, 1.82) is 0 Å². The Balaban J connectivity index is 1.71. The molecule has 0 radical (unpaired) electrons. The summed E-state index contributed by atoms with van der Waals surface area (Å²) < 4.78 is 22.2. The van der Waals surface area contributed by atoms with Gasteiger partial charge in [-0.2, -0.15) is 11.8 Å². The summed E-state index contributed by atoms with van der Waals surface area (Å²) >= 11 is 7.62. The maximum atomic E-state index is 11.1. The SMILES string of the molecule is NS(=O)(=O)c1ccc(NCCSCc2ccc(Cl)cc2)nc1. The first-order valence-corrected chi connectivity index (χ1v) is 9.58. The van der Waals surface area contributed by atoms with Gasteiger partial charge in [-0.05, 0) is 29.8 Å². The van der Waals surface area contributed by atoms with Crippen molar-refractivity contribution in [1.82, 2.24) is 4.98 Å². The van der Waals surface area contributed by atoms with E-state index in [1.54, 1.807) is 17.8 Å². The molecule has 22 heavy (non-hydrogen) atoms. The number of hydrogen-bond donors (Lipinski definition) is 2. The van der Waals surface area contributed by atoms with Crippen LogP contribution in [0.4, 0.5) is 5.82 Å². The Morgan fingerprint density at radius 3 is 2.50 bits per heavy atom. The van der Waals surface area contributed by atoms with E-state index in [0.29, 0.717) is 5.82 Å². The second-order valence-electron chi connectivity index (χ2n) is 4.53. The van der Waals surface area contributed by atoms with Gasteiger partial charge in [0.2, 0.25) is 10.0 Å². The zero-order chi connectivity index (χ0) is 16.0. The predicted octanol–water partition coefficient (Wildman–Crippen LogP) is 2.73. The summed E-state index contributed by atoms with van der Waals surface area (Å²) in [6.45, 7) is 0.736. The van der Waals surface area contributed by atoms with Crippen LogP contribution in [0.3, 0.4) is 0 Å². The summed E-state index contributed by atoms with van der Waals surface area (Å²) in [6, 6.07) is 10.8. The third-order valence-corrected chi connectivity index (χ3v) is 4.98. The van der Waals surface area contributed by atoms with Crippen LogP contribution in [0.15, 0.2) is 47.5 Å². The van der Waals surface area contributed by atoms with Crippen molar-refractivity contribution in [2.24, 2.45) is 5.14 Å². The fraction of sp³-hybridized carbons (Fsp3) is 0.214. The second kappa shape index (κ2) is 7.82. The highest BCUT2D eigenvalue weighted by Gasteiger charge is 2.07. The summed E-state index contributed by atoms with van der Waals surface area (Å²) in [5.41, 5.74) is 1.23. The van der Waals surface area contributed by atoms with Crippen molar-refractivity contribution in [3.8, 4) is 0 Å². The van der Waals surface area contributed by atoms with Crippen molar-refractivity contribution in [3.63, 3.8) is 0 Å². The van der Waals surface area contributed by atoms with Crippen LogP contribution in [-0.2, 0) is 15.8 Å². The highest BCUT2D eigenvalue weighted by atomic mass is 35.5. The van der Waals surface area contributed by atoms with E-state index in [1.807, 2.05) is 24.3 Å². The Bertz CT molecular complexity index is 704. The molecule has 0 aliphatic heterocycles. The molecule has 0 bridgehead atoms. The number of hydrogen-bond acceptors (Lipinski definition) is 5. The molecule has 1 aromatic carbocycles. The number of nitrogens with one attached hydrogen (secondary N) is 1. The summed E-state index contributed by atoms with van der Waals surface area (Å²) in [5.74, 6) is 2.44. The van der Waals surface area contributed by atoms with Crippen LogP contribution < -0.4 is 10.5 Å². The first-order chi connectivity index (χ1) is 10.4. The van der Waals surface area contributed by atoms with E-state index in [0.717, 1.165) is 23.1 Å². The van der Waals surface area contributed by atoms with Gasteiger partial charge >= 0.3 is 0 Å². The molecule has 5 nitrogen and oxygen atoms in total. The maximum Gasteiger partial charge on any atom is 0.239 e. The minimum atomic E-state index is -3.69. The van der Waals surface area contributed by atoms with Crippen molar-refractivity contribution in [3.05, 3.63) is 53.2 Å². The summed E-state index contributed by atoms with van der Waals surface area (Å²) in [7, 11) is -3.69. The average Bonchev–Trinajstić information content (AvgIpc) is 2.48. The molecule has 2 aromatic rings. The van der Waals surface area contributed by atoms with E-state index < -0.39 is 10.0 Å². The molecule has 8 heteroatoms. The van der Waals surface area contributed by atoms with E-state index in [9.17, 15) is 8.42 Å². The first-order valence-electron chi connectivity index (χ1n) is 6.50. The van der Waals surface area contributed by atoms with Gasteiger partial charge < -0.3 is 5.32 Å². The predicted molar refractivity (Wildman–Crippen MR) is 91.7 cm³/mol. The number of pyridine rings is 1. The lowest BCUT2D eigenvalue weighted by Gasteiger charge is -2.06. The van der Waals surface area contributed by atoms with Gasteiger partial charge in [-0.3, -0.25) is 0 Å². The van der Waals surface area contributed by atoms with Crippen LogP contribution in [0, 0.1) is 0 Å². The van der Waals surface area contributed by atoms with Crippen LogP contribution in [0.1, 0.15) is 5.56 Å². The quantitative estimate of drug-likeness (QED) is 0.744. The number of aromatic nitrogens is 1. The molecule has 2 rings (SSSR count). The molecule has 1 aromatic heterocycles. The maximum absolute atomic E-state index is 11.1. The van der Waals surface area contributed by atoms with E-state index in [2.05, 4.69) is 10.3 Å². The molecule has 0 unspecified atom stereocenters. The molecule has 0 atom stereocenters. The van der Waals surface area contributed by atoms with E-state index in [4.69, 9.17) is 16.7 Å². The molecular formula is C14H16ClN3O2S2. The van der Waals surface area contributed by atoms with Gasteiger partial charge in [-0.15, -0.1) is 0 Å². The van der Waals surface area contributed by atoms with Gasteiger partial charge in [0.05, 0.1) is 0 Å². The normalized spacial score (nSPS) is 11.4. The van der Waals surface area contributed by atoms with Crippen LogP contribution in [0.2, 0.25) is 5.02 Å². The molecule has 0 spiro atoms. The highest BCUT2D eigenvalue weighted by Crippen LogP contribution is 2.15. The van der Waals surface area contributed by atoms with Gasteiger partial charge in [0.25, 0.3) is 0 Å². The molecular weight excluding hydrogens is 342 g/mol. The number of nitrogens with zero attached hydrogens (tertiary/aromatic N) is 1. The van der Waals surface area contributed by atoms with E-state index in [1.165, 1.54) is 17.8 Å². The Hall–Kier alpha value is -1.28. The van der Waals surface area contributed by atoms with Crippen molar-refractivity contribution < 1.29 is 8.42 Å². The summed E-state index contributed by atoms with van der Waals surface area (Å²) in [6.07, 6.45) is 1.25. The lowest BCUT2D eigenvalue weighted by Crippen LogP contribution is -2.13. The molecule has 0 fully saturated rings. The van der Waals surface area contributed by atoms with Crippen molar-refractivity contribution in [2.75, 3.05) is 17.6 Å². The third-order valence-electron chi connectivity index (χ3n) is 2.80. The Kier molecular flexibility index (Phi) is 6.07. The average molecular weight is 358 g/mol. The summed E-state index contributed by atoms with van der Waals surface area (Å²) in [4.78, 5) is 4.03.